The summed E-state index contributed by atoms with van der Waals surface area (Å²) < 4.78 is 27.4. The molecule has 2 unspecified atom stereocenters. The van der Waals surface area contributed by atoms with Crippen LogP contribution in [0.15, 0.2) is 30.3 Å². The minimum Gasteiger partial charge on any atom is -0.336 e. The molecule has 1 heterocycles. The second kappa shape index (κ2) is 5.60. The molecule has 1 aromatic carbocycles. The van der Waals surface area contributed by atoms with Crippen LogP contribution in [0.4, 0.5) is 13.6 Å². The van der Waals surface area contributed by atoms with Gasteiger partial charge in [0.05, 0.1) is 0 Å². The first-order valence-electron chi connectivity index (χ1n) is 7.24. The number of halogens is 2. The Balaban J connectivity index is 1.50. The maximum absolute atomic E-state index is 13.7. The van der Waals surface area contributed by atoms with Crippen LogP contribution < -0.4 is 5.32 Å². The van der Waals surface area contributed by atoms with Crippen molar-refractivity contribution in [3.05, 3.63) is 35.9 Å². The zero-order valence-electron chi connectivity index (χ0n) is 11.6. The number of nitrogens with one attached hydrogen (secondary N) is 1. The van der Waals surface area contributed by atoms with Crippen LogP contribution in [0, 0.1) is 5.92 Å². The van der Waals surface area contributed by atoms with E-state index in [4.69, 9.17) is 4.84 Å². The number of hydrogen-bond donors (Lipinski definition) is 1. The molecular weight excluding hydrogens is 278 g/mol. The van der Waals surface area contributed by atoms with E-state index in [1.54, 1.807) is 0 Å². The van der Waals surface area contributed by atoms with Gasteiger partial charge in [-0.1, -0.05) is 36.8 Å². The van der Waals surface area contributed by atoms with E-state index in [0.29, 0.717) is 12.8 Å². The van der Waals surface area contributed by atoms with E-state index < -0.39 is 24.1 Å². The van der Waals surface area contributed by atoms with E-state index >= 15 is 0 Å². The highest BCUT2D eigenvalue weighted by Gasteiger charge is 2.45. The van der Waals surface area contributed by atoms with Crippen molar-refractivity contribution in [2.24, 2.45) is 5.92 Å². The molecule has 3 rings (SSSR count). The Morgan fingerprint density at radius 1 is 1.33 bits per heavy atom. The van der Waals surface area contributed by atoms with Crippen LogP contribution in [0.1, 0.15) is 37.5 Å². The lowest BCUT2D eigenvalue weighted by Gasteiger charge is -2.31. The summed E-state index contributed by atoms with van der Waals surface area (Å²) in [7, 11) is 0. The van der Waals surface area contributed by atoms with Crippen molar-refractivity contribution in [3.63, 3.8) is 0 Å². The third kappa shape index (κ3) is 3.15. The SMILES string of the molecule is O=C(NCC1CCCCC1(F)F)N1OC1c1ccccc1. The molecule has 2 atom stereocenters. The molecule has 21 heavy (non-hydrogen) atoms. The number of rotatable bonds is 3. The second-order valence-corrected chi connectivity index (χ2v) is 5.58. The molecule has 0 aromatic heterocycles. The Bertz CT molecular complexity index is 510. The summed E-state index contributed by atoms with van der Waals surface area (Å²) in [5.41, 5.74) is 0.871. The van der Waals surface area contributed by atoms with E-state index in [1.807, 2.05) is 30.3 Å². The van der Waals surface area contributed by atoms with E-state index in [2.05, 4.69) is 5.32 Å². The average Bonchev–Trinajstić information content (AvgIpc) is 3.27. The molecular formula is C15H18F2N2O2. The van der Waals surface area contributed by atoms with Gasteiger partial charge in [0.1, 0.15) is 0 Å². The van der Waals surface area contributed by atoms with Crippen molar-refractivity contribution in [2.75, 3.05) is 6.54 Å². The van der Waals surface area contributed by atoms with Gasteiger partial charge < -0.3 is 5.32 Å². The third-order valence-electron chi connectivity index (χ3n) is 4.08. The minimum absolute atomic E-state index is 0.00674. The van der Waals surface area contributed by atoms with Crippen LogP contribution >= 0.6 is 0 Å². The van der Waals surface area contributed by atoms with Crippen LogP contribution in [-0.4, -0.2) is 23.6 Å². The lowest BCUT2D eigenvalue weighted by Crippen LogP contribution is -2.42. The molecule has 1 aliphatic heterocycles. The lowest BCUT2D eigenvalue weighted by atomic mass is 9.85. The van der Waals surface area contributed by atoms with Crippen molar-refractivity contribution < 1.29 is 18.4 Å². The molecule has 4 nitrogen and oxygen atoms in total. The van der Waals surface area contributed by atoms with Crippen molar-refractivity contribution in [2.45, 2.75) is 37.8 Å². The highest BCUT2D eigenvalue weighted by molar-refractivity contribution is 5.74. The average molecular weight is 296 g/mol. The van der Waals surface area contributed by atoms with Crippen LogP contribution in [0.2, 0.25) is 0 Å². The van der Waals surface area contributed by atoms with Crippen LogP contribution in [0.3, 0.4) is 0 Å². The largest absolute Gasteiger partial charge is 0.344 e. The molecule has 1 saturated heterocycles. The number of urea groups is 1. The predicted molar refractivity (Wildman–Crippen MR) is 72.4 cm³/mol. The predicted octanol–water partition coefficient (Wildman–Crippen LogP) is 3.47. The number of alkyl halides is 2. The molecule has 1 aromatic rings. The number of hydrogen-bond acceptors (Lipinski definition) is 2. The maximum Gasteiger partial charge on any atom is 0.344 e. The van der Waals surface area contributed by atoms with E-state index in [9.17, 15) is 13.6 Å². The van der Waals surface area contributed by atoms with Crippen molar-refractivity contribution in [1.82, 2.24) is 10.4 Å². The van der Waals surface area contributed by atoms with Crippen molar-refractivity contribution in [1.29, 1.82) is 0 Å². The summed E-state index contributed by atoms with van der Waals surface area (Å²) >= 11 is 0. The van der Waals surface area contributed by atoms with E-state index in [-0.39, 0.29) is 13.0 Å². The molecule has 1 N–H and O–H groups in total. The van der Waals surface area contributed by atoms with Crippen LogP contribution in [0.25, 0.3) is 0 Å². The molecule has 0 spiro atoms. The molecule has 2 fully saturated rings. The van der Waals surface area contributed by atoms with Gasteiger partial charge >= 0.3 is 6.03 Å². The van der Waals surface area contributed by atoms with Gasteiger partial charge in [0.25, 0.3) is 5.92 Å². The van der Waals surface area contributed by atoms with Gasteiger partial charge in [-0.15, -0.1) is 0 Å². The number of hydroxylamine groups is 2. The summed E-state index contributed by atoms with van der Waals surface area (Å²) in [4.78, 5) is 17.1. The number of benzene rings is 1. The standard InChI is InChI=1S/C15H18F2N2O2/c16-15(17)9-5-4-8-12(15)10-18-14(20)19-13(21-19)11-6-2-1-3-7-11/h1-3,6-7,12-13H,4-5,8-10H2,(H,18,20). The van der Waals surface area contributed by atoms with Crippen LogP contribution in [0.5, 0.6) is 0 Å². The molecule has 1 saturated carbocycles. The van der Waals surface area contributed by atoms with Gasteiger partial charge in [-0.3, -0.25) is 0 Å². The maximum atomic E-state index is 13.7. The zero-order chi connectivity index (χ0) is 14.9. The van der Waals surface area contributed by atoms with Gasteiger partial charge in [0, 0.05) is 24.4 Å². The monoisotopic (exact) mass is 296 g/mol. The summed E-state index contributed by atoms with van der Waals surface area (Å²) in [6.07, 6.45) is 1.32. The molecule has 2 aliphatic rings. The van der Waals surface area contributed by atoms with Gasteiger partial charge in [-0.25, -0.2) is 18.4 Å². The quantitative estimate of drug-likeness (QED) is 0.868. The summed E-state index contributed by atoms with van der Waals surface area (Å²) in [5, 5.41) is 3.73. The van der Waals surface area contributed by atoms with Gasteiger partial charge in [0.2, 0.25) is 6.23 Å². The van der Waals surface area contributed by atoms with Gasteiger partial charge in [-0.2, -0.15) is 5.06 Å². The number of amides is 2. The Kier molecular flexibility index (Phi) is 3.80. The second-order valence-electron chi connectivity index (χ2n) is 5.58. The van der Waals surface area contributed by atoms with Gasteiger partial charge in [-0.05, 0) is 12.8 Å². The molecule has 1 aliphatic carbocycles. The molecule has 6 heteroatoms. The first kappa shape index (κ1) is 14.3. The Labute approximate surface area is 122 Å². The Hall–Kier alpha value is -1.69. The molecule has 0 radical (unpaired) electrons. The smallest absolute Gasteiger partial charge is 0.336 e. The fourth-order valence-corrected chi connectivity index (χ4v) is 2.76. The Morgan fingerprint density at radius 2 is 2.10 bits per heavy atom. The zero-order valence-corrected chi connectivity index (χ0v) is 11.6. The van der Waals surface area contributed by atoms with Gasteiger partial charge in [0.15, 0.2) is 0 Å². The fourth-order valence-electron chi connectivity index (χ4n) is 2.76. The van der Waals surface area contributed by atoms with Crippen molar-refractivity contribution in [3.8, 4) is 0 Å². The summed E-state index contributed by atoms with van der Waals surface area (Å²) in [6.45, 7) is -0.00674. The van der Waals surface area contributed by atoms with Crippen molar-refractivity contribution >= 4 is 6.03 Å². The first-order chi connectivity index (χ1) is 10.1. The van der Waals surface area contributed by atoms with E-state index in [1.165, 1.54) is 5.06 Å². The minimum atomic E-state index is -2.68. The Morgan fingerprint density at radius 3 is 2.81 bits per heavy atom. The number of carbonyl (C=O) groups is 1. The molecule has 114 valence electrons. The normalized spacial score (nSPS) is 27.2. The lowest BCUT2D eigenvalue weighted by molar-refractivity contribution is -0.0835. The first-order valence-corrected chi connectivity index (χ1v) is 7.24. The molecule has 0 bridgehead atoms. The summed E-state index contributed by atoms with van der Waals surface area (Å²) in [6, 6.07) is 8.85. The topological polar surface area (TPSA) is 44.6 Å². The van der Waals surface area contributed by atoms with Crippen LogP contribution in [-0.2, 0) is 4.84 Å². The molecule has 2 amide bonds. The third-order valence-corrected chi connectivity index (χ3v) is 4.08. The fraction of sp³-hybridized carbons (Fsp3) is 0.533. The highest BCUT2D eigenvalue weighted by Crippen LogP contribution is 2.39. The number of carbonyl (C=O) groups excluding carboxylic acids is 1. The summed E-state index contributed by atoms with van der Waals surface area (Å²) in [5.74, 6) is -3.45. The number of nitrogens with zero attached hydrogens (tertiary/aromatic N) is 1. The van der Waals surface area contributed by atoms with E-state index in [0.717, 1.165) is 12.0 Å². The highest BCUT2D eigenvalue weighted by atomic mass is 19.3.